The van der Waals surface area contributed by atoms with Crippen LogP contribution in [0.25, 0.3) is 0 Å². The number of hydrogen-bond donors (Lipinski definition) is 1. The van der Waals surface area contributed by atoms with Crippen molar-refractivity contribution >= 4 is 11.6 Å². The van der Waals surface area contributed by atoms with Gasteiger partial charge in [0, 0.05) is 36.5 Å². The molecular formula is C14H17ClN2. The van der Waals surface area contributed by atoms with Crippen molar-refractivity contribution in [3.63, 3.8) is 0 Å². The Bertz CT molecular complexity index is 490. The Morgan fingerprint density at radius 1 is 1.24 bits per heavy atom. The molecule has 90 valence electrons. The Kier molecular flexibility index (Phi) is 3.87. The van der Waals surface area contributed by atoms with E-state index < -0.39 is 0 Å². The lowest BCUT2D eigenvalue weighted by molar-refractivity contribution is 0.558. The number of benzene rings is 1. The number of rotatable bonds is 4. The van der Waals surface area contributed by atoms with E-state index in [1.165, 1.54) is 5.69 Å². The van der Waals surface area contributed by atoms with E-state index in [0.29, 0.717) is 0 Å². The van der Waals surface area contributed by atoms with Gasteiger partial charge in [-0.1, -0.05) is 29.8 Å². The second-order valence-electron chi connectivity index (χ2n) is 4.23. The molecule has 1 aromatic heterocycles. The normalized spacial score (nSPS) is 12.6. The number of halogens is 1. The van der Waals surface area contributed by atoms with Crippen LogP contribution in [-0.4, -0.2) is 4.57 Å². The zero-order chi connectivity index (χ0) is 12.3. The first-order chi connectivity index (χ1) is 8.18. The fourth-order valence-corrected chi connectivity index (χ4v) is 2.17. The van der Waals surface area contributed by atoms with Crippen molar-refractivity contribution in [2.75, 3.05) is 0 Å². The molecule has 0 aliphatic rings. The summed E-state index contributed by atoms with van der Waals surface area (Å²) in [5.74, 6) is 0. The monoisotopic (exact) mass is 248 g/mol. The third-order valence-electron chi connectivity index (χ3n) is 3.01. The van der Waals surface area contributed by atoms with E-state index in [1.807, 2.05) is 18.2 Å². The highest BCUT2D eigenvalue weighted by Gasteiger charge is 2.08. The summed E-state index contributed by atoms with van der Waals surface area (Å²) in [6, 6.07) is 12.4. The van der Waals surface area contributed by atoms with Gasteiger partial charge >= 0.3 is 0 Å². The molecule has 0 unspecified atom stereocenters. The van der Waals surface area contributed by atoms with E-state index in [0.717, 1.165) is 17.1 Å². The maximum absolute atomic E-state index is 6.17. The minimum atomic E-state index is 0.249. The molecule has 0 bridgehead atoms. The van der Waals surface area contributed by atoms with Gasteiger partial charge in [0.1, 0.15) is 0 Å². The summed E-state index contributed by atoms with van der Waals surface area (Å²) >= 11 is 6.17. The van der Waals surface area contributed by atoms with Crippen LogP contribution >= 0.6 is 11.6 Å². The summed E-state index contributed by atoms with van der Waals surface area (Å²) in [5, 5.41) is 4.30. The van der Waals surface area contributed by atoms with Crippen molar-refractivity contribution in [2.45, 2.75) is 19.5 Å². The summed E-state index contributed by atoms with van der Waals surface area (Å²) in [6.07, 6.45) is 2.05. The minimum Gasteiger partial charge on any atom is -0.353 e. The second-order valence-corrected chi connectivity index (χ2v) is 4.64. The lowest BCUT2D eigenvalue weighted by Crippen LogP contribution is -2.19. The first-order valence-electron chi connectivity index (χ1n) is 5.76. The molecule has 0 aliphatic carbocycles. The molecule has 1 atom stereocenters. The van der Waals surface area contributed by atoms with Crippen LogP contribution in [0, 0.1) is 0 Å². The Balaban J connectivity index is 2.01. The molecule has 1 N–H and O–H groups in total. The van der Waals surface area contributed by atoms with E-state index in [2.05, 4.69) is 48.3 Å². The molecule has 2 rings (SSSR count). The molecule has 1 aromatic carbocycles. The van der Waals surface area contributed by atoms with Crippen LogP contribution in [0.3, 0.4) is 0 Å². The Morgan fingerprint density at radius 3 is 2.65 bits per heavy atom. The van der Waals surface area contributed by atoms with Crippen molar-refractivity contribution in [3.05, 3.63) is 58.9 Å². The summed E-state index contributed by atoms with van der Waals surface area (Å²) in [6.45, 7) is 2.97. The second kappa shape index (κ2) is 5.39. The largest absolute Gasteiger partial charge is 0.353 e. The molecule has 0 saturated heterocycles. The third-order valence-corrected chi connectivity index (χ3v) is 3.36. The van der Waals surface area contributed by atoms with Gasteiger partial charge in [0.05, 0.1) is 0 Å². The van der Waals surface area contributed by atoms with E-state index in [1.54, 1.807) is 0 Å². The molecule has 0 radical (unpaired) electrons. The molecule has 3 heteroatoms. The average molecular weight is 249 g/mol. The third kappa shape index (κ3) is 2.90. The Labute approximate surface area is 107 Å². The van der Waals surface area contributed by atoms with Crippen molar-refractivity contribution in [1.82, 2.24) is 9.88 Å². The fourth-order valence-electron chi connectivity index (χ4n) is 1.87. The standard InChI is InChI=1S/C14H17ClN2/c1-11(13-7-3-4-8-14(13)15)16-10-12-6-5-9-17(12)2/h3-9,11,16H,10H2,1-2H3/t11-/m1/s1. The maximum Gasteiger partial charge on any atom is 0.0453 e. The van der Waals surface area contributed by atoms with Gasteiger partial charge in [0.2, 0.25) is 0 Å². The average Bonchev–Trinajstić information content (AvgIpc) is 2.72. The molecule has 0 saturated carbocycles. The highest BCUT2D eigenvalue weighted by Crippen LogP contribution is 2.22. The van der Waals surface area contributed by atoms with Gasteiger partial charge in [-0.3, -0.25) is 0 Å². The van der Waals surface area contributed by atoms with Crippen LogP contribution in [0.1, 0.15) is 24.2 Å². The molecule has 17 heavy (non-hydrogen) atoms. The number of aromatic nitrogens is 1. The Morgan fingerprint density at radius 2 is 2.00 bits per heavy atom. The van der Waals surface area contributed by atoms with Crippen LogP contribution in [0.4, 0.5) is 0 Å². The highest BCUT2D eigenvalue weighted by molar-refractivity contribution is 6.31. The van der Waals surface area contributed by atoms with Crippen molar-refractivity contribution in [2.24, 2.45) is 7.05 Å². The van der Waals surface area contributed by atoms with Gasteiger partial charge in [0.15, 0.2) is 0 Å². The van der Waals surface area contributed by atoms with Crippen LogP contribution in [0.2, 0.25) is 5.02 Å². The quantitative estimate of drug-likeness (QED) is 0.876. The van der Waals surface area contributed by atoms with Crippen LogP contribution in [0.15, 0.2) is 42.6 Å². The predicted molar refractivity (Wildman–Crippen MR) is 72.1 cm³/mol. The molecule has 0 fully saturated rings. The topological polar surface area (TPSA) is 17.0 Å². The predicted octanol–water partition coefficient (Wildman–Crippen LogP) is 3.53. The van der Waals surface area contributed by atoms with Gasteiger partial charge in [0.25, 0.3) is 0 Å². The molecule has 0 spiro atoms. The summed E-state index contributed by atoms with van der Waals surface area (Å²) in [5.41, 5.74) is 2.41. The number of nitrogens with zero attached hydrogens (tertiary/aromatic N) is 1. The zero-order valence-electron chi connectivity index (χ0n) is 10.2. The zero-order valence-corrected chi connectivity index (χ0v) is 10.9. The van der Waals surface area contributed by atoms with Crippen molar-refractivity contribution in [3.8, 4) is 0 Å². The fraction of sp³-hybridized carbons (Fsp3) is 0.286. The van der Waals surface area contributed by atoms with Crippen molar-refractivity contribution in [1.29, 1.82) is 0 Å². The van der Waals surface area contributed by atoms with Gasteiger partial charge < -0.3 is 9.88 Å². The van der Waals surface area contributed by atoms with Crippen molar-refractivity contribution < 1.29 is 0 Å². The van der Waals surface area contributed by atoms with Crippen LogP contribution in [0.5, 0.6) is 0 Å². The summed E-state index contributed by atoms with van der Waals surface area (Å²) < 4.78 is 2.12. The van der Waals surface area contributed by atoms with Crippen LogP contribution < -0.4 is 5.32 Å². The van der Waals surface area contributed by atoms with Crippen LogP contribution in [-0.2, 0) is 13.6 Å². The molecular weight excluding hydrogens is 232 g/mol. The molecule has 2 nitrogen and oxygen atoms in total. The lowest BCUT2D eigenvalue weighted by atomic mass is 10.1. The van der Waals surface area contributed by atoms with Gasteiger partial charge in [-0.2, -0.15) is 0 Å². The molecule has 1 heterocycles. The lowest BCUT2D eigenvalue weighted by Gasteiger charge is -2.16. The molecule has 0 aliphatic heterocycles. The Hall–Kier alpha value is -1.25. The van der Waals surface area contributed by atoms with E-state index >= 15 is 0 Å². The molecule has 2 aromatic rings. The van der Waals surface area contributed by atoms with Gasteiger partial charge in [-0.05, 0) is 30.7 Å². The van der Waals surface area contributed by atoms with Gasteiger partial charge in [-0.25, -0.2) is 0 Å². The first kappa shape index (κ1) is 12.2. The first-order valence-corrected chi connectivity index (χ1v) is 6.14. The van der Waals surface area contributed by atoms with E-state index in [4.69, 9.17) is 11.6 Å². The summed E-state index contributed by atoms with van der Waals surface area (Å²) in [4.78, 5) is 0. The smallest absolute Gasteiger partial charge is 0.0453 e. The van der Waals surface area contributed by atoms with Gasteiger partial charge in [-0.15, -0.1) is 0 Å². The number of aryl methyl sites for hydroxylation is 1. The highest BCUT2D eigenvalue weighted by atomic mass is 35.5. The van der Waals surface area contributed by atoms with E-state index in [-0.39, 0.29) is 6.04 Å². The SMILES string of the molecule is C[C@@H](NCc1cccn1C)c1ccccc1Cl. The number of hydrogen-bond acceptors (Lipinski definition) is 1. The number of nitrogens with one attached hydrogen (secondary N) is 1. The molecule has 0 amide bonds. The minimum absolute atomic E-state index is 0.249. The summed E-state index contributed by atoms with van der Waals surface area (Å²) in [7, 11) is 2.05. The van der Waals surface area contributed by atoms with E-state index in [9.17, 15) is 0 Å². The maximum atomic E-state index is 6.17.